The molecule has 0 fully saturated rings. The van der Waals surface area contributed by atoms with E-state index in [1.165, 1.54) is 12.1 Å². The number of nitrogens with one attached hydrogen (secondary N) is 2. The van der Waals surface area contributed by atoms with Crippen LogP contribution in [0.25, 0.3) is 6.08 Å². The van der Waals surface area contributed by atoms with Crippen LogP contribution in [0.1, 0.15) is 21.7 Å². The molecular weight excluding hydrogens is 582 g/mol. The molecule has 0 atom stereocenters. The maximum Gasteiger partial charge on any atom is 0.301 e. The molecule has 15 nitrogen and oxygen atoms in total. The van der Waals surface area contributed by atoms with Gasteiger partial charge >= 0.3 is 5.69 Å². The van der Waals surface area contributed by atoms with E-state index in [0.717, 1.165) is 34.6 Å². The standard InChI is InChI=1S/C27H21N7O8S/c1-15-3-7-19(22(11-15)33(37)38)29-27-28-16(2)26(43-27)21(8-4-17-5-10-24-25(12-17)42-14-41-24)31-30-20-9-6-18(32(35)36)13-23(20)34(39)40/h3-13,30H,14H2,1-2H3,(H,28,29)/b8-4+,31-21-. The monoisotopic (exact) mass is 603 g/mol. The highest BCUT2D eigenvalue weighted by atomic mass is 32.1. The third kappa shape index (κ3) is 6.38. The molecule has 0 aliphatic carbocycles. The minimum Gasteiger partial charge on any atom is -0.454 e. The highest BCUT2D eigenvalue weighted by Gasteiger charge is 2.21. The van der Waals surface area contributed by atoms with E-state index in [0.29, 0.717) is 32.9 Å². The molecule has 0 spiro atoms. The molecule has 0 amide bonds. The van der Waals surface area contributed by atoms with Crippen molar-refractivity contribution >= 4 is 56.7 Å². The predicted octanol–water partition coefficient (Wildman–Crippen LogP) is 6.49. The highest BCUT2D eigenvalue weighted by molar-refractivity contribution is 7.18. The zero-order valence-corrected chi connectivity index (χ0v) is 23.3. The Labute approximate surface area is 246 Å². The van der Waals surface area contributed by atoms with Crippen LogP contribution in [0, 0.1) is 44.2 Å². The van der Waals surface area contributed by atoms with Crippen LogP contribution in [-0.2, 0) is 0 Å². The van der Waals surface area contributed by atoms with Gasteiger partial charge < -0.3 is 14.8 Å². The van der Waals surface area contributed by atoms with Gasteiger partial charge in [0.25, 0.3) is 11.4 Å². The van der Waals surface area contributed by atoms with Crippen molar-refractivity contribution in [2.24, 2.45) is 5.10 Å². The molecule has 0 bridgehead atoms. The molecule has 0 unspecified atom stereocenters. The van der Waals surface area contributed by atoms with E-state index in [2.05, 4.69) is 20.8 Å². The number of aryl methyl sites for hydroxylation is 2. The SMILES string of the molecule is Cc1ccc(Nc2nc(C)c(C(/C=C/c3ccc4c(c3)OCO4)=N\Nc3ccc([N+](=O)[O-])cc3[N+](=O)[O-])s2)c([N+](=O)[O-])c1. The Bertz CT molecular complexity index is 1840. The lowest BCUT2D eigenvalue weighted by atomic mass is 10.1. The Morgan fingerprint density at radius 3 is 2.37 bits per heavy atom. The van der Waals surface area contributed by atoms with Gasteiger partial charge in [-0.15, -0.1) is 0 Å². The first-order chi connectivity index (χ1) is 20.6. The van der Waals surface area contributed by atoms with Crippen molar-refractivity contribution < 1.29 is 24.2 Å². The predicted molar refractivity (Wildman–Crippen MR) is 159 cm³/mol. The summed E-state index contributed by atoms with van der Waals surface area (Å²) in [5.41, 5.74) is 4.05. The molecule has 16 heteroatoms. The Hall–Kier alpha value is -5.90. The normalized spacial score (nSPS) is 12.4. The number of nitro benzene ring substituents is 3. The zero-order chi connectivity index (χ0) is 30.7. The number of ether oxygens (including phenoxy) is 2. The van der Waals surface area contributed by atoms with Gasteiger partial charge in [0, 0.05) is 12.1 Å². The smallest absolute Gasteiger partial charge is 0.301 e. The van der Waals surface area contributed by atoms with Crippen molar-refractivity contribution in [2.45, 2.75) is 13.8 Å². The van der Waals surface area contributed by atoms with Crippen LogP contribution in [-0.4, -0.2) is 32.3 Å². The third-order valence-electron chi connectivity index (χ3n) is 6.14. The summed E-state index contributed by atoms with van der Waals surface area (Å²) < 4.78 is 10.8. The molecule has 1 aliphatic rings. The largest absolute Gasteiger partial charge is 0.454 e. The number of benzene rings is 3. The number of rotatable bonds is 10. The molecule has 4 aromatic rings. The number of allylic oxidation sites excluding steroid dienone is 1. The van der Waals surface area contributed by atoms with Crippen molar-refractivity contribution in [3.63, 3.8) is 0 Å². The highest BCUT2D eigenvalue weighted by Crippen LogP contribution is 2.35. The number of nitrogens with zero attached hydrogens (tertiary/aromatic N) is 5. The van der Waals surface area contributed by atoms with Gasteiger partial charge in [-0.1, -0.05) is 29.5 Å². The quantitative estimate of drug-likeness (QED) is 0.114. The van der Waals surface area contributed by atoms with Crippen molar-refractivity contribution in [1.29, 1.82) is 0 Å². The summed E-state index contributed by atoms with van der Waals surface area (Å²) in [5, 5.41) is 42.1. The molecule has 43 heavy (non-hydrogen) atoms. The van der Waals surface area contributed by atoms with Gasteiger partial charge in [-0.2, -0.15) is 5.10 Å². The van der Waals surface area contributed by atoms with Crippen molar-refractivity contribution in [3.8, 4) is 11.5 Å². The van der Waals surface area contributed by atoms with Crippen LogP contribution in [0.3, 0.4) is 0 Å². The minimum absolute atomic E-state index is 0.0691. The fourth-order valence-electron chi connectivity index (χ4n) is 4.06. The third-order valence-corrected chi connectivity index (χ3v) is 7.23. The number of nitro groups is 3. The number of hydrazone groups is 1. The van der Waals surface area contributed by atoms with E-state index < -0.39 is 26.1 Å². The van der Waals surface area contributed by atoms with Crippen LogP contribution in [0.2, 0.25) is 0 Å². The number of non-ortho nitro benzene ring substituents is 1. The van der Waals surface area contributed by atoms with E-state index in [1.807, 2.05) is 0 Å². The van der Waals surface area contributed by atoms with Crippen molar-refractivity contribution in [1.82, 2.24) is 4.98 Å². The minimum atomic E-state index is -0.749. The van der Waals surface area contributed by atoms with Crippen LogP contribution in [0.15, 0.2) is 65.8 Å². The number of anilines is 3. The van der Waals surface area contributed by atoms with E-state index in [4.69, 9.17) is 9.47 Å². The Kier molecular flexibility index (Phi) is 7.93. The zero-order valence-electron chi connectivity index (χ0n) is 22.5. The number of thiazole rings is 1. The molecule has 1 aliphatic heterocycles. The Morgan fingerprint density at radius 2 is 1.63 bits per heavy atom. The Morgan fingerprint density at radius 1 is 0.907 bits per heavy atom. The average Bonchev–Trinajstić information content (AvgIpc) is 3.59. The second-order valence-corrected chi connectivity index (χ2v) is 10.1. The Balaban J connectivity index is 1.52. The molecule has 0 radical (unpaired) electrons. The van der Waals surface area contributed by atoms with Crippen LogP contribution in [0.4, 0.5) is 33.6 Å². The summed E-state index contributed by atoms with van der Waals surface area (Å²) in [6.45, 7) is 3.58. The van der Waals surface area contributed by atoms with Gasteiger partial charge in [0.15, 0.2) is 16.6 Å². The van der Waals surface area contributed by atoms with E-state index in [-0.39, 0.29) is 23.9 Å². The first kappa shape index (κ1) is 28.6. The lowest BCUT2D eigenvalue weighted by Crippen LogP contribution is -2.03. The second-order valence-electron chi connectivity index (χ2n) is 9.11. The topological polar surface area (TPSA) is 197 Å². The number of hydrogen-bond donors (Lipinski definition) is 2. The van der Waals surface area contributed by atoms with Crippen LogP contribution < -0.4 is 20.2 Å². The molecule has 3 aromatic carbocycles. The second kappa shape index (κ2) is 11.9. The first-order valence-electron chi connectivity index (χ1n) is 12.4. The van der Waals surface area contributed by atoms with E-state index >= 15 is 0 Å². The first-order valence-corrected chi connectivity index (χ1v) is 13.2. The lowest BCUT2D eigenvalue weighted by Gasteiger charge is -2.05. The summed E-state index contributed by atoms with van der Waals surface area (Å²) in [4.78, 5) is 37.5. The number of hydrogen-bond acceptors (Lipinski definition) is 13. The van der Waals surface area contributed by atoms with E-state index in [9.17, 15) is 30.3 Å². The molecule has 2 N–H and O–H groups in total. The summed E-state index contributed by atoms with van der Waals surface area (Å²) >= 11 is 1.16. The average molecular weight is 604 g/mol. The molecule has 1 aromatic heterocycles. The van der Waals surface area contributed by atoms with E-state index in [1.54, 1.807) is 56.3 Å². The molecule has 2 heterocycles. The summed E-state index contributed by atoms with van der Waals surface area (Å²) in [6.07, 6.45) is 3.39. The van der Waals surface area contributed by atoms with Crippen molar-refractivity contribution in [2.75, 3.05) is 17.5 Å². The lowest BCUT2D eigenvalue weighted by molar-refractivity contribution is -0.393. The fourth-order valence-corrected chi connectivity index (χ4v) is 5.01. The van der Waals surface area contributed by atoms with Gasteiger partial charge in [-0.05, 0) is 55.3 Å². The number of aromatic nitrogens is 1. The van der Waals surface area contributed by atoms with Crippen LogP contribution >= 0.6 is 11.3 Å². The van der Waals surface area contributed by atoms with Crippen molar-refractivity contribution in [3.05, 3.63) is 113 Å². The number of fused-ring (bicyclic) bond motifs is 1. The van der Waals surface area contributed by atoms with Gasteiger partial charge in [0.2, 0.25) is 6.79 Å². The fraction of sp³-hybridized carbons (Fsp3) is 0.111. The molecule has 0 saturated carbocycles. The van der Waals surface area contributed by atoms with Crippen LogP contribution in [0.5, 0.6) is 11.5 Å². The molecule has 0 saturated heterocycles. The molecule has 218 valence electrons. The molecule has 5 rings (SSSR count). The maximum atomic E-state index is 11.6. The van der Waals surface area contributed by atoms with Gasteiger partial charge in [0.1, 0.15) is 17.1 Å². The summed E-state index contributed by atoms with van der Waals surface area (Å²) in [6, 6.07) is 13.3. The molecular formula is C27H21N7O8S. The summed E-state index contributed by atoms with van der Waals surface area (Å²) in [7, 11) is 0. The maximum absolute atomic E-state index is 11.6. The van der Waals surface area contributed by atoms with Gasteiger partial charge in [-0.25, -0.2) is 4.98 Å². The van der Waals surface area contributed by atoms with Gasteiger partial charge in [0.05, 0.1) is 31.4 Å². The van der Waals surface area contributed by atoms with Gasteiger partial charge in [-0.3, -0.25) is 35.8 Å². The summed E-state index contributed by atoms with van der Waals surface area (Å²) in [5.74, 6) is 1.18.